The Kier molecular flexibility index (Phi) is 2.54. The Morgan fingerprint density at radius 3 is 2.69 bits per heavy atom. The summed E-state index contributed by atoms with van der Waals surface area (Å²) in [5.41, 5.74) is 0. The van der Waals surface area contributed by atoms with Gasteiger partial charge in [0.2, 0.25) is 6.29 Å². The summed E-state index contributed by atoms with van der Waals surface area (Å²) in [4.78, 5) is 11.6. The van der Waals surface area contributed by atoms with Crippen LogP contribution >= 0.6 is 0 Å². The van der Waals surface area contributed by atoms with Crippen LogP contribution < -0.4 is 0 Å². The Morgan fingerprint density at radius 1 is 1.38 bits per heavy atom. The number of carbonyl (C=O) groups is 1. The van der Waals surface area contributed by atoms with Crippen LogP contribution in [-0.2, 0) is 14.3 Å². The lowest BCUT2D eigenvalue weighted by atomic mass is 9.80. The Bertz CT molecular complexity index is 198. The summed E-state index contributed by atoms with van der Waals surface area (Å²) in [6.07, 6.45) is 4.35. The molecule has 1 heterocycles. The lowest BCUT2D eigenvalue weighted by Crippen LogP contribution is -2.27. The van der Waals surface area contributed by atoms with Gasteiger partial charge in [0, 0.05) is 0 Å². The number of rotatable bonds is 2. The van der Waals surface area contributed by atoms with Crippen LogP contribution in [0.1, 0.15) is 32.6 Å². The molecule has 0 spiro atoms. The molecule has 0 aromatic rings. The molecule has 0 bridgehead atoms. The van der Waals surface area contributed by atoms with Gasteiger partial charge in [-0.1, -0.05) is 19.8 Å². The van der Waals surface area contributed by atoms with Crippen molar-refractivity contribution in [3.8, 4) is 0 Å². The van der Waals surface area contributed by atoms with E-state index in [1.165, 1.54) is 6.42 Å². The fourth-order valence-electron chi connectivity index (χ4n) is 1.99. The van der Waals surface area contributed by atoms with Gasteiger partial charge >= 0.3 is 5.97 Å². The summed E-state index contributed by atoms with van der Waals surface area (Å²) in [6.45, 7) is 2.73. The quantitative estimate of drug-likeness (QED) is 0.484. The summed E-state index contributed by atoms with van der Waals surface area (Å²) >= 11 is 0. The van der Waals surface area contributed by atoms with E-state index in [1.54, 1.807) is 0 Å². The van der Waals surface area contributed by atoms with Crippen molar-refractivity contribution in [3.63, 3.8) is 0 Å². The van der Waals surface area contributed by atoms with E-state index in [0.717, 1.165) is 19.3 Å². The molecule has 3 unspecified atom stereocenters. The monoisotopic (exact) mass is 184 g/mol. The molecule has 3 heteroatoms. The first-order valence-corrected chi connectivity index (χ1v) is 5.09. The van der Waals surface area contributed by atoms with Crippen molar-refractivity contribution in [1.29, 1.82) is 0 Å². The van der Waals surface area contributed by atoms with Gasteiger partial charge in [-0.25, -0.2) is 0 Å². The standard InChI is InChI=1S/C10H16O3/c1-7-4-2-3-5-8(7)10(11)13-9-6-12-9/h7-9H,2-6H2,1H3. The summed E-state index contributed by atoms with van der Waals surface area (Å²) in [7, 11) is 0. The molecule has 3 atom stereocenters. The zero-order valence-corrected chi connectivity index (χ0v) is 7.99. The second kappa shape index (κ2) is 3.66. The van der Waals surface area contributed by atoms with Crippen LogP contribution in [-0.4, -0.2) is 18.9 Å². The van der Waals surface area contributed by atoms with E-state index in [0.29, 0.717) is 12.5 Å². The molecule has 3 nitrogen and oxygen atoms in total. The van der Waals surface area contributed by atoms with Gasteiger partial charge in [-0.15, -0.1) is 0 Å². The van der Waals surface area contributed by atoms with E-state index in [9.17, 15) is 4.79 Å². The van der Waals surface area contributed by atoms with Crippen LogP contribution in [0.3, 0.4) is 0 Å². The highest BCUT2D eigenvalue weighted by Crippen LogP contribution is 2.31. The van der Waals surface area contributed by atoms with Crippen LogP contribution in [0.15, 0.2) is 0 Å². The number of epoxide rings is 1. The fraction of sp³-hybridized carbons (Fsp3) is 0.900. The SMILES string of the molecule is CC1CCCCC1C(=O)OC1CO1. The maximum Gasteiger partial charge on any atom is 0.311 e. The van der Waals surface area contributed by atoms with Gasteiger partial charge in [-0.2, -0.15) is 0 Å². The lowest BCUT2D eigenvalue weighted by molar-refractivity contribution is -0.156. The number of hydrogen-bond acceptors (Lipinski definition) is 3. The zero-order chi connectivity index (χ0) is 9.26. The van der Waals surface area contributed by atoms with Crippen molar-refractivity contribution in [2.24, 2.45) is 11.8 Å². The number of esters is 1. The maximum absolute atomic E-state index is 11.6. The maximum atomic E-state index is 11.6. The Balaban J connectivity index is 1.85. The van der Waals surface area contributed by atoms with E-state index in [2.05, 4.69) is 6.92 Å². The third-order valence-electron chi connectivity index (χ3n) is 2.96. The highest BCUT2D eigenvalue weighted by atomic mass is 16.8. The van der Waals surface area contributed by atoms with Gasteiger partial charge in [0.15, 0.2) is 0 Å². The lowest BCUT2D eigenvalue weighted by Gasteiger charge is -2.26. The number of hydrogen-bond donors (Lipinski definition) is 0. The second-order valence-corrected chi connectivity index (χ2v) is 4.07. The Labute approximate surface area is 78.4 Å². The molecule has 2 fully saturated rings. The second-order valence-electron chi connectivity index (χ2n) is 4.07. The smallest absolute Gasteiger partial charge is 0.311 e. The van der Waals surface area contributed by atoms with Crippen LogP contribution in [0, 0.1) is 11.8 Å². The highest BCUT2D eigenvalue weighted by Gasteiger charge is 2.34. The van der Waals surface area contributed by atoms with Crippen molar-refractivity contribution in [3.05, 3.63) is 0 Å². The zero-order valence-electron chi connectivity index (χ0n) is 7.99. The van der Waals surface area contributed by atoms with E-state index in [-0.39, 0.29) is 18.2 Å². The predicted octanol–water partition coefficient (Wildman–Crippen LogP) is 1.71. The average Bonchev–Trinajstić information content (AvgIpc) is 2.89. The minimum absolute atomic E-state index is 0.0466. The van der Waals surface area contributed by atoms with Gasteiger partial charge in [0.1, 0.15) is 6.61 Å². The molecule has 0 aromatic carbocycles. The molecule has 1 saturated carbocycles. The van der Waals surface area contributed by atoms with Crippen LogP contribution in [0.25, 0.3) is 0 Å². The number of carbonyl (C=O) groups excluding carboxylic acids is 1. The molecule has 0 N–H and O–H groups in total. The minimum atomic E-state index is -0.221. The van der Waals surface area contributed by atoms with Gasteiger partial charge in [0.25, 0.3) is 0 Å². The molecular formula is C10H16O3. The van der Waals surface area contributed by atoms with Crippen molar-refractivity contribution < 1.29 is 14.3 Å². The van der Waals surface area contributed by atoms with Gasteiger partial charge < -0.3 is 9.47 Å². The Morgan fingerprint density at radius 2 is 2.08 bits per heavy atom. The summed E-state index contributed by atoms with van der Waals surface area (Å²) in [6, 6.07) is 0. The number of ether oxygens (including phenoxy) is 2. The topological polar surface area (TPSA) is 38.8 Å². The molecule has 74 valence electrons. The predicted molar refractivity (Wildman–Crippen MR) is 47.0 cm³/mol. The minimum Gasteiger partial charge on any atom is -0.433 e. The third kappa shape index (κ3) is 2.21. The van der Waals surface area contributed by atoms with Crippen molar-refractivity contribution in [2.75, 3.05) is 6.61 Å². The van der Waals surface area contributed by atoms with E-state index in [4.69, 9.17) is 9.47 Å². The largest absolute Gasteiger partial charge is 0.433 e. The van der Waals surface area contributed by atoms with Gasteiger partial charge in [-0.05, 0) is 18.8 Å². The van der Waals surface area contributed by atoms with E-state index < -0.39 is 0 Å². The third-order valence-corrected chi connectivity index (χ3v) is 2.96. The van der Waals surface area contributed by atoms with Crippen molar-refractivity contribution in [2.45, 2.75) is 38.9 Å². The van der Waals surface area contributed by atoms with Crippen molar-refractivity contribution >= 4 is 5.97 Å². The van der Waals surface area contributed by atoms with Crippen LogP contribution in [0.5, 0.6) is 0 Å². The Hall–Kier alpha value is -0.570. The molecule has 1 aliphatic heterocycles. The molecule has 2 aliphatic rings. The first kappa shape index (κ1) is 9.00. The molecular weight excluding hydrogens is 168 g/mol. The van der Waals surface area contributed by atoms with Crippen LogP contribution in [0.4, 0.5) is 0 Å². The van der Waals surface area contributed by atoms with Crippen molar-refractivity contribution in [1.82, 2.24) is 0 Å². The molecule has 1 aliphatic carbocycles. The summed E-state index contributed by atoms with van der Waals surface area (Å²) < 4.78 is 9.97. The molecule has 0 radical (unpaired) electrons. The van der Waals surface area contributed by atoms with E-state index >= 15 is 0 Å². The van der Waals surface area contributed by atoms with Gasteiger partial charge in [-0.3, -0.25) is 4.79 Å². The summed E-state index contributed by atoms with van der Waals surface area (Å²) in [5, 5.41) is 0. The first-order valence-electron chi connectivity index (χ1n) is 5.09. The normalized spacial score (nSPS) is 38.4. The molecule has 0 amide bonds. The average molecular weight is 184 g/mol. The molecule has 1 saturated heterocycles. The first-order chi connectivity index (χ1) is 6.27. The molecule has 2 rings (SSSR count). The summed E-state index contributed by atoms with van der Waals surface area (Å²) in [5.74, 6) is 0.563. The highest BCUT2D eigenvalue weighted by molar-refractivity contribution is 5.73. The van der Waals surface area contributed by atoms with Crippen LogP contribution in [0.2, 0.25) is 0 Å². The fourth-order valence-corrected chi connectivity index (χ4v) is 1.99. The van der Waals surface area contributed by atoms with Gasteiger partial charge in [0.05, 0.1) is 5.92 Å². The molecule has 13 heavy (non-hydrogen) atoms. The van der Waals surface area contributed by atoms with E-state index in [1.807, 2.05) is 0 Å². The molecule has 0 aromatic heterocycles.